The quantitative estimate of drug-likeness (QED) is 0.757. The summed E-state index contributed by atoms with van der Waals surface area (Å²) in [6.45, 7) is 2.45. The van der Waals surface area contributed by atoms with Gasteiger partial charge in [-0.1, -0.05) is 11.6 Å². The molecule has 0 heterocycles. The Morgan fingerprint density at radius 2 is 2.06 bits per heavy atom. The zero-order valence-corrected chi connectivity index (χ0v) is 12.3. The number of methoxy groups -OCH3 is 1. The van der Waals surface area contributed by atoms with Crippen molar-refractivity contribution in [3.8, 4) is 5.75 Å². The van der Waals surface area contributed by atoms with E-state index in [1.54, 1.807) is 7.11 Å². The average Bonchev–Trinajstić information content (AvgIpc) is 2.27. The third-order valence-electron chi connectivity index (χ3n) is 2.24. The van der Waals surface area contributed by atoms with Crippen molar-refractivity contribution in [2.45, 2.75) is 24.3 Å². The SMILES string of the molecule is COCCC(C)Oc1ccc(S(=O)(=O)Cl)cc1Cl. The molecule has 1 rings (SSSR count). The Labute approximate surface area is 116 Å². The molecule has 4 nitrogen and oxygen atoms in total. The molecule has 1 aromatic rings. The van der Waals surface area contributed by atoms with Gasteiger partial charge in [0.25, 0.3) is 9.05 Å². The topological polar surface area (TPSA) is 52.6 Å². The predicted octanol–water partition coefficient (Wildman–Crippen LogP) is 3.07. The Hall–Kier alpha value is -0.490. The van der Waals surface area contributed by atoms with Crippen LogP contribution >= 0.6 is 22.3 Å². The maximum absolute atomic E-state index is 11.1. The summed E-state index contributed by atoms with van der Waals surface area (Å²) in [4.78, 5) is -0.0499. The fraction of sp³-hybridized carbons (Fsp3) is 0.455. The Kier molecular flexibility index (Phi) is 5.72. The molecule has 102 valence electrons. The van der Waals surface area contributed by atoms with Crippen molar-refractivity contribution < 1.29 is 17.9 Å². The van der Waals surface area contributed by atoms with Crippen molar-refractivity contribution in [2.75, 3.05) is 13.7 Å². The van der Waals surface area contributed by atoms with E-state index < -0.39 is 9.05 Å². The standard InChI is InChI=1S/C11H14Cl2O4S/c1-8(5-6-16-2)17-11-4-3-9(7-10(11)12)18(13,14)15/h3-4,7-8H,5-6H2,1-2H3. The zero-order chi connectivity index (χ0) is 13.8. The second-order valence-electron chi connectivity index (χ2n) is 3.74. The molecule has 0 aromatic heterocycles. The molecule has 0 bridgehead atoms. The summed E-state index contributed by atoms with van der Waals surface area (Å²) in [5.41, 5.74) is 0. The fourth-order valence-electron chi connectivity index (χ4n) is 1.29. The van der Waals surface area contributed by atoms with E-state index in [4.69, 9.17) is 31.8 Å². The molecule has 0 fully saturated rings. The first kappa shape index (κ1) is 15.6. The van der Waals surface area contributed by atoms with Crippen LogP contribution in [0.3, 0.4) is 0 Å². The molecule has 18 heavy (non-hydrogen) atoms. The van der Waals surface area contributed by atoms with Crippen LogP contribution in [0.1, 0.15) is 13.3 Å². The van der Waals surface area contributed by atoms with E-state index in [2.05, 4.69) is 0 Å². The largest absolute Gasteiger partial charge is 0.489 e. The van der Waals surface area contributed by atoms with Gasteiger partial charge in [-0.25, -0.2) is 8.42 Å². The van der Waals surface area contributed by atoms with Crippen LogP contribution in [0.25, 0.3) is 0 Å². The Balaban J connectivity index is 2.80. The van der Waals surface area contributed by atoms with Gasteiger partial charge in [0.1, 0.15) is 5.75 Å². The molecule has 7 heteroatoms. The summed E-state index contributed by atoms with van der Waals surface area (Å²) in [5, 5.41) is 0.209. The first-order valence-corrected chi connectivity index (χ1v) is 7.93. The van der Waals surface area contributed by atoms with Gasteiger partial charge in [-0.2, -0.15) is 0 Å². The lowest BCUT2D eigenvalue weighted by Crippen LogP contribution is -2.14. The third kappa shape index (κ3) is 4.65. The average molecular weight is 313 g/mol. The molecule has 1 aromatic carbocycles. The van der Waals surface area contributed by atoms with E-state index in [-0.39, 0.29) is 16.0 Å². The minimum Gasteiger partial charge on any atom is -0.489 e. The molecule has 1 unspecified atom stereocenters. The van der Waals surface area contributed by atoms with E-state index in [1.165, 1.54) is 18.2 Å². The fourth-order valence-corrected chi connectivity index (χ4v) is 2.36. The highest BCUT2D eigenvalue weighted by Gasteiger charge is 2.14. The number of hydrogen-bond acceptors (Lipinski definition) is 4. The second-order valence-corrected chi connectivity index (χ2v) is 6.71. The molecule has 0 saturated heterocycles. The Morgan fingerprint density at radius 1 is 1.39 bits per heavy atom. The van der Waals surface area contributed by atoms with Gasteiger partial charge in [0, 0.05) is 30.8 Å². The third-order valence-corrected chi connectivity index (χ3v) is 3.89. The zero-order valence-electron chi connectivity index (χ0n) is 10.0. The van der Waals surface area contributed by atoms with Crippen LogP contribution in [0.15, 0.2) is 23.1 Å². The highest BCUT2D eigenvalue weighted by atomic mass is 35.7. The Morgan fingerprint density at radius 3 is 2.56 bits per heavy atom. The van der Waals surface area contributed by atoms with Crippen LogP contribution in [0.2, 0.25) is 5.02 Å². The molecular weight excluding hydrogens is 299 g/mol. The molecule has 0 N–H and O–H groups in total. The lowest BCUT2D eigenvalue weighted by Gasteiger charge is -2.15. The summed E-state index contributed by atoms with van der Waals surface area (Å²) in [7, 11) is 3.05. The number of ether oxygens (including phenoxy) is 2. The summed E-state index contributed by atoms with van der Waals surface area (Å²) < 4.78 is 32.7. The molecular formula is C11H14Cl2O4S. The molecule has 1 atom stereocenters. The highest BCUT2D eigenvalue weighted by Crippen LogP contribution is 2.29. The van der Waals surface area contributed by atoms with Gasteiger partial charge in [0.15, 0.2) is 0 Å². The summed E-state index contributed by atoms with van der Waals surface area (Å²) in [6.07, 6.45) is 0.628. The van der Waals surface area contributed by atoms with Crippen LogP contribution in [0, 0.1) is 0 Å². The van der Waals surface area contributed by atoms with Crippen LogP contribution in [-0.4, -0.2) is 28.2 Å². The minimum absolute atomic E-state index is 0.0499. The second kappa shape index (κ2) is 6.61. The van der Waals surface area contributed by atoms with Crippen molar-refractivity contribution in [2.24, 2.45) is 0 Å². The van der Waals surface area contributed by atoms with Gasteiger partial charge in [-0.05, 0) is 25.1 Å². The molecule has 0 aliphatic carbocycles. The van der Waals surface area contributed by atoms with Gasteiger partial charge < -0.3 is 9.47 Å². The predicted molar refractivity (Wildman–Crippen MR) is 71.1 cm³/mol. The van der Waals surface area contributed by atoms with Gasteiger partial charge in [0.05, 0.1) is 16.0 Å². The van der Waals surface area contributed by atoms with Gasteiger partial charge >= 0.3 is 0 Å². The molecule has 0 radical (unpaired) electrons. The van der Waals surface area contributed by atoms with E-state index in [0.29, 0.717) is 18.8 Å². The molecule has 0 aliphatic heterocycles. The van der Waals surface area contributed by atoms with E-state index in [0.717, 1.165) is 0 Å². The normalized spacial score (nSPS) is 13.3. The van der Waals surface area contributed by atoms with Gasteiger partial charge in [-0.15, -0.1) is 0 Å². The summed E-state index contributed by atoms with van der Waals surface area (Å²) in [6, 6.07) is 4.11. The van der Waals surface area contributed by atoms with Crippen molar-refractivity contribution >= 4 is 31.3 Å². The van der Waals surface area contributed by atoms with Crippen LogP contribution in [0.4, 0.5) is 0 Å². The van der Waals surface area contributed by atoms with E-state index >= 15 is 0 Å². The minimum atomic E-state index is -3.77. The maximum Gasteiger partial charge on any atom is 0.261 e. The number of rotatable bonds is 6. The first-order valence-electron chi connectivity index (χ1n) is 5.24. The van der Waals surface area contributed by atoms with Gasteiger partial charge in [-0.3, -0.25) is 0 Å². The van der Waals surface area contributed by atoms with Crippen molar-refractivity contribution in [1.82, 2.24) is 0 Å². The monoisotopic (exact) mass is 312 g/mol. The van der Waals surface area contributed by atoms with Crippen molar-refractivity contribution in [3.63, 3.8) is 0 Å². The Bertz CT molecular complexity index is 502. The number of benzene rings is 1. The van der Waals surface area contributed by atoms with Crippen molar-refractivity contribution in [3.05, 3.63) is 23.2 Å². The maximum atomic E-state index is 11.1. The lowest BCUT2D eigenvalue weighted by atomic mass is 10.3. The van der Waals surface area contributed by atoms with Crippen LogP contribution < -0.4 is 4.74 Å². The summed E-state index contributed by atoms with van der Waals surface area (Å²) >= 11 is 5.93. The van der Waals surface area contributed by atoms with Crippen LogP contribution in [0.5, 0.6) is 5.75 Å². The lowest BCUT2D eigenvalue weighted by molar-refractivity contribution is 0.135. The molecule has 0 saturated carbocycles. The van der Waals surface area contributed by atoms with E-state index in [9.17, 15) is 8.42 Å². The molecule has 0 aliphatic rings. The molecule has 0 spiro atoms. The van der Waals surface area contributed by atoms with Crippen molar-refractivity contribution in [1.29, 1.82) is 0 Å². The molecule has 0 amide bonds. The van der Waals surface area contributed by atoms with Crippen LogP contribution in [-0.2, 0) is 13.8 Å². The first-order chi connectivity index (χ1) is 8.34. The smallest absolute Gasteiger partial charge is 0.261 e. The summed E-state index contributed by atoms with van der Waals surface area (Å²) in [5.74, 6) is 0.421. The number of halogens is 2. The van der Waals surface area contributed by atoms with E-state index in [1.807, 2.05) is 6.92 Å². The highest BCUT2D eigenvalue weighted by molar-refractivity contribution is 8.13. The number of hydrogen-bond donors (Lipinski definition) is 0. The van der Waals surface area contributed by atoms with Gasteiger partial charge in [0.2, 0.25) is 0 Å².